The Balaban J connectivity index is 1.54. The predicted octanol–water partition coefficient (Wildman–Crippen LogP) is 5.15. The van der Waals surface area contributed by atoms with Gasteiger partial charge in [0.1, 0.15) is 0 Å². The fourth-order valence-corrected chi connectivity index (χ4v) is 3.92. The monoisotopic (exact) mass is 387 g/mol. The Hall–Kier alpha value is -3.18. The van der Waals surface area contributed by atoms with Crippen molar-refractivity contribution in [3.05, 3.63) is 101 Å². The fraction of sp³-hybridized carbons (Fsp3) is 0.130. The van der Waals surface area contributed by atoms with Crippen molar-refractivity contribution in [1.29, 1.82) is 0 Å². The van der Waals surface area contributed by atoms with Crippen LogP contribution in [0.25, 0.3) is 11.1 Å². The van der Waals surface area contributed by atoms with Crippen molar-refractivity contribution in [3.8, 4) is 11.1 Å². The quantitative estimate of drug-likeness (QED) is 0.497. The highest BCUT2D eigenvalue weighted by molar-refractivity contribution is 7.10. The van der Waals surface area contributed by atoms with Gasteiger partial charge in [-0.2, -0.15) is 5.10 Å². The number of rotatable bonds is 6. The Kier molecular flexibility index (Phi) is 5.35. The lowest BCUT2D eigenvalue weighted by atomic mass is 9.98. The zero-order valence-electron chi connectivity index (χ0n) is 15.6. The van der Waals surface area contributed by atoms with E-state index in [1.54, 1.807) is 17.5 Å². The topological polar surface area (TPSA) is 46.9 Å². The number of hydrogen-bond acceptors (Lipinski definition) is 3. The molecule has 0 aliphatic carbocycles. The van der Waals surface area contributed by atoms with Gasteiger partial charge in [0.05, 0.1) is 12.6 Å². The lowest BCUT2D eigenvalue weighted by molar-refractivity contribution is 0.0941. The first-order chi connectivity index (χ1) is 13.7. The summed E-state index contributed by atoms with van der Waals surface area (Å²) in [5.41, 5.74) is 3.81. The molecule has 2 aromatic carbocycles. The van der Waals surface area contributed by atoms with E-state index in [0.717, 1.165) is 22.5 Å². The molecule has 0 aliphatic rings. The molecule has 2 aromatic heterocycles. The summed E-state index contributed by atoms with van der Waals surface area (Å²) in [6, 6.07) is 22.0. The van der Waals surface area contributed by atoms with E-state index in [1.165, 1.54) is 5.56 Å². The van der Waals surface area contributed by atoms with Gasteiger partial charge in [-0.25, -0.2) is 0 Å². The molecule has 1 atom stereocenters. The third-order valence-electron chi connectivity index (χ3n) is 4.66. The zero-order valence-corrected chi connectivity index (χ0v) is 16.4. The van der Waals surface area contributed by atoms with Crippen molar-refractivity contribution >= 4 is 17.2 Å². The van der Waals surface area contributed by atoms with E-state index in [1.807, 2.05) is 65.6 Å². The molecule has 1 unspecified atom stereocenters. The average Bonchev–Trinajstić information content (AvgIpc) is 3.43. The smallest absolute Gasteiger partial charge is 0.252 e. The first kappa shape index (κ1) is 18.2. The van der Waals surface area contributed by atoms with Crippen molar-refractivity contribution in [2.24, 2.45) is 0 Å². The SMILES string of the molecule is CC(NC(=O)c1ccccc1-c1ccc(Cn2cccn2)cc1)c1cccs1. The lowest BCUT2D eigenvalue weighted by Gasteiger charge is -2.15. The number of nitrogens with one attached hydrogen (secondary N) is 1. The van der Waals surface area contributed by atoms with Crippen LogP contribution in [-0.4, -0.2) is 15.7 Å². The van der Waals surface area contributed by atoms with E-state index >= 15 is 0 Å². The third kappa shape index (κ3) is 4.05. The van der Waals surface area contributed by atoms with Crippen LogP contribution in [0.1, 0.15) is 33.8 Å². The first-order valence-electron chi connectivity index (χ1n) is 9.21. The summed E-state index contributed by atoms with van der Waals surface area (Å²) in [7, 11) is 0. The fourth-order valence-electron chi connectivity index (χ4n) is 3.19. The highest BCUT2D eigenvalue weighted by Gasteiger charge is 2.16. The van der Waals surface area contributed by atoms with Crippen LogP contribution in [-0.2, 0) is 6.54 Å². The normalized spacial score (nSPS) is 11.9. The van der Waals surface area contributed by atoms with Gasteiger partial charge in [-0.05, 0) is 47.2 Å². The van der Waals surface area contributed by atoms with Crippen LogP contribution in [0.15, 0.2) is 84.5 Å². The maximum Gasteiger partial charge on any atom is 0.252 e. The second-order valence-corrected chi connectivity index (χ2v) is 7.64. The molecule has 0 aliphatic heterocycles. The maximum atomic E-state index is 12.9. The van der Waals surface area contributed by atoms with E-state index in [4.69, 9.17) is 0 Å². The molecule has 0 bridgehead atoms. The van der Waals surface area contributed by atoms with Crippen LogP contribution < -0.4 is 5.32 Å². The zero-order chi connectivity index (χ0) is 19.3. The maximum absolute atomic E-state index is 12.9. The Morgan fingerprint density at radius 3 is 2.61 bits per heavy atom. The second-order valence-electron chi connectivity index (χ2n) is 6.66. The van der Waals surface area contributed by atoms with E-state index in [2.05, 4.69) is 34.7 Å². The summed E-state index contributed by atoms with van der Waals surface area (Å²) in [5, 5.41) is 9.38. The minimum absolute atomic E-state index is 0.0167. The highest BCUT2D eigenvalue weighted by Crippen LogP contribution is 2.26. The molecule has 1 amide bonds. The summed E-state index contributed by atoms with van der Waals surface area (Å²) in [4.78, 5) is 14.1. The van der Waals surface area contributed by atoms with Gasteiger partial charge in [0.15, 0.2) is 0 Å². The molecule has 4 aromatic rings. The van der Waals surface area contributed by atoms with Crippen LogP contribution in [0.2, 0.25) is 0 Å². The Bertz CT molecular complexity index is 1040. The Morgan fingerprint density at radius 1 is 1.07 bits per heavy atom. The number of benzene rings is 2. The van der Waals surface area contributed by atoms with Crippen molar-refractivity contribution < 1.29 is 4.79 Å². The number of carbonyl (C=O) groups excluding carboxylic acids is 1. The molecule has 0 spiro atoms. The van der Waals surface area contributed by atoms with Gasteiger partial charge in [0.2, 0.25) is 0 Å². The number of carbonyl (C=O) groups is 1. The Labute approximate surface area is 168 Å². The van der Waals surface area contributed by atoms with Crippen LogP contribution in [0, 0.1) is 0 Å². The highest BCUT2D eigenvalue weighted by atomic mass is 32.1. The van der Waals surface area contributed by atoms with Gasteiger partial charge >= 0.3 is 0 Å². The number of aromatic nitrogens is 2. The molecule has 1 N–H and O–H groups in total. The molecule has 0 saturated carbocycles. The van der Waals surface area contributed by atoms with Crippen molar-refractivity contribution in [2.45, 2.75) is 19.5 Å². The summed E-state index contributed by atoms with van der Waals surface area (Å²) >= 11 is 1.65. The molecule has 5 heteroatoms. The molecule has 4 rings (SSSR count). The van der Waals surface area contributed by atoms with Gasteiger partial charge in [-0.15, -0.1) is 11.3 Å². The lowest BCUT2D eigenvalue weighted by Crippen LogP contribution is -2.26. The van der Waals surface area contributed by atoms with Crippen LogP contribution in [0.5, 0.6) is 0 Å². The molecule has 0 fully saturated rings. The van der Waals surface area contributed by atoms with E-state index < -0.39 is 0 Å². The van der Waals surface area contributed by atoms with Gasteiger partial charge in [0, 0.05) is 22.8 Å². The van der Waals surface area contributed by atoms with E-state index in [-0.39, 0.29) is 11.9 Å². The summed E-state index contributed by atoms with van der Waals surface area (Å²) < 4.78 is 1.89. The standard InChI is InChI=1S/C23H21N3OS/c1-17(22-8-4-15-28-22)25-23(27)21-7-3-2-6-20(21)19-11-9-18(10-12-19)16-26-14-5-13-24-26/h2-15,17H,16H2,1H3,(H,25,27). The largest absolute Gasteiger partial charge is 0.345 e. The molecule has 0 saturated heterocycles. The van der Waals surface area contributed by atoms with Gasteiger partial charge in [-0.1, -0.05) is 48.5 Å². The first-order valence-corrected chi connectivity index (χ1v) is 10.1. The summed E-state index contributed by atoms with van der Waals surface area (Å²) in [6.07, 6.45) is 3.72. The van der Waals surface area contributed by atoms with Crippen LogP contribution in [0.4, 0.5) is 0 Å². The third-order valence-corrected chi connectivity index (χ3v) is 5.71. The van der Waals surface area contributed by atoms with Crippen molar-refractivity contribution in [3.63, 3.8) is 0 Å². The number of nitrogens with zero attached hydrogens (tertiary/aromatic N) is 2. The van der Waals surface area contributed by atoms with Gasteiger partial charge in [-0.3, -0.25) is 9.48 Å². The molecular weight excluding hydrogens is 366 g/mol. The van der Waals surface area contributed by atoms with Crippen molar-refractivity contribution in [2.75, 3.05) is 0 Å². The average molecular weight is 388 g/mol. The van der Waals surface area contributed by atoms with Gasteiger partial charge < -0.3 is 5.32 Å². The van der Waals surface area contributed by atoms with Crippen LogP contribution >= 0.6 is 11.3 Å². The molecule has 28 heavy (non-hydrogen) atoms. The summed E-state index contributed by atoms with van der Waals surface area (Å²) in [5.74, 6) is -0.0582. The van der Waals surface area contributed by atoms with Crippen LogP contribution in [0.3, 0.4) is 0 Å². The van der Waals surface area contributed by atoms with Crippen molar-refractivity contribution in [1.82, 2.24) is 15.1 Å². The second kappa shape index (κ2) is 8.23. The molecule has 140 valence electrons. The predicted molar refractivity (Wildman–Crippen MR) is 113 cm³/mol. The molecule has 2 heterocycles. The summed E-state index contributed by atoms with van der Waals surface area (Å²) in [6.45, 7) is 2.74. The minimum Gasteiger partial charge on any atom is -0.345 e. The Morgan fingerprint density at radius 2 is 1.89 bits per heavy atom. The number of amides is 1. The minimum atomic E-state index is -0.0582. The number of hydrogen-bond donors (Lipinski definition) is 1. The molecular formula is C23H21N3OS. The number of thiophene rings is 1. The van der Waals surface area contributed by atoms with E-state index in [0.29, 0.717) is 5.56 Å². The van der Waals surface area contributed by atoms with Gasteiger partial charge in [0.25, 0.3) is 5.91 Å². The molecule has 0 radical (unpaired) electrons. The molecule has 4 nitrogen and oxygen atoms in total. The van der Waals surface area contributed by atoms with E-state index in [9.17, 15) is 4.79 Å².